The molecule has 2 aromatic carbocycles. The van der Waals surface area contributed by atoms with Crippen molar-refractivity contribution in [1.29, 1.82) is 0 Å². The predicted molar refractivity (Wildman–Crippen MR) is 106 cm³/mol. The molecule has 0 spiro atoms. The van der Waals surface area contributed by atoms with Gasteiger partial charge in [0.1, 0.15) is 5.82 Å². The lowest BCUT2D eigenvalue weighted by Crippen LogP contribution is -2.18. The van der Waals surface area contributed by atoms with E-state index >= 15 is 0 Å². The predicted octanol–water partition coefficient (Wildman–Crippen LogP) is 4.26. The van der Waals surface area contributed by atoms with Gasteiger partial charge in [0, 0.05) is 38.7 Å². The highest BCUT2D eigenvalue weighted by atomic mass is 16.5. The zero-order valence-electron chi connectivity index (χ0n) is 15.0. The molecule has 5 heteroatoms. The molecule has 1 heterocycles. The van der Waals surface area contributed by atoms with Gasteiger partial charge >= 0.3 is 0 Å². The molecule has 3 rings (SSSR count). The highest BCUT2D eigenvalue weighted by Gasteiger charge is 2.12. The first-order chi connectivity index (χ1) is 12.9. The van der Waals surface area contributed by atoms with Crippen LogP contribution in [-0.2, 0) is 11.3 Å². The van der Waals surface area contributed by atoms with Crippen LogP contribution in [0.3, 0.4) is 0 Å². The van der Waals surface area contributed by atoms with Crippen LogP contribution < -0.4 is 10.2 Å². The molecule has 0 radical (unpaired) electrons. The Hall–Kier alpha value is -2.92. The van der Waals surface area contributed by atoms with Gasteiger partial charge in [-0.25, -0.2) is 4.98 Å². The van der Waals surface area contributed by atoms with Gasteiger partial charge in [0.05, 0.1) is 0 Å². The van der Waals surface area contributed by atoms with Gasteiger partial charge < -0.3 is 15.0 Å². The van der Waals surface area contributed by atoms with E-state index in [1.807, 2.05) is 30.3 Å². The van der Waals surface area contributed by atoms with Gasteiger partial charge in [-0.05, 0) is 30.2 Å². The van der Waals surface area contributed by atoms with Crippen molar-refractivity contribution in [2.45, 2.75) is 13.0 Å². The number of anilines is 3. The maximum atomic E-state index is 5.08. The first-order valence-corrected chi connectivity index (χ1v) is 8.79. The minimum atomic E-state index is 0.632. The molecule has 1 N–H and O–H groups in total. The zero-order valence-corrected chi connectivity index (χ0v) is 15.0. The summed E-state index contributed by atoms with van der Waals surface area (Å²) in [5.41, 5.74) is 2.32. The number of aromatic nitrogens is 2. The maximum Gasteiger partial charge on any atom is 0.224 e. The minimum absolute atomic E-state index is 0.632. The fraction of sp³-hybridized carbons (Fsp3) is 0.238. The van der Waals surface area contributed by atoms with Crippen molar-refractivity contribution in [2.24, 2.45) is 0 Å². The molecule has 0 amide bonds. The summed E-state index contributed by atoms with van der Waals surface area (Å²) in [4.78, 5) is 11.2. The van der Waals surface area contributed by atoms with E-state index in [2.05, 4.69) is 51.6 Å². The fourth-order valence-electron chi connectivity index (χ4n) is 2.68. The smallest absolute Gasteiger partial charge is 0.224 e. The third-order valence-corrected chi connectivity index (χ3v) is 3.98. The zero-order chi connectivity index (χ0) is 18.0. The molecule has 3 aromatic rings. The topological polar surface area (TPSA) is 50.3 Å². The number of rotatable bonds is 9. The van der Waals surface area contributed by atoms with Crippen LogP contribution in [0.25, 0.3) is 0 Å². The van der Waals surface area contributed by atoms with Crippen molar-refractivity contribution in [3.8, 4) is 0 Å². The molecule has 0 aliphatic carbocycles. The number of benzene rings is 2. The Morgan fingerprint density at radius 3 is 2.42 bits per heavy atom. The lowest BCUT2D eigenvalue weighted by molar-refractivity contribution is 0.197. The number of nitrogens with one attached hydrogen (secondary N) is 1. The molecule has 0 unspecified atom stereocenters. The van der Waals surface area contributed by atoms with Gasteiger partial charge in [-0.2, -0.15) is 4.98 Å². The summed E-state index contributed by atoms with van der Waals surface area (Å²) in [5.74, 6) is 1.50. The van der Waals surface area contributed by atoms with Gasteiger partial charge in [-0.15, -0.1) is 0 Å². The first-order valence-electron chi connectivity index (χ1n) is 8.79. The molecule has 26 heavy (non-hydrogen) atoms. The highest BCUT2D eigenvalue weighted by molar-refractivity contribution is 5.60. The quantitative estimate of drug-likeness (QED) is 0.586. The number of methoxy groups -OCH3 is 1. The van der Waals surface area contributed by atoms with E-state index in [0.717, 1.165) is 37.6 Å². The van der Waals surface area contributed by atoms with Gasteiger partial charge in [0.15, 0.2) is 0 Å². The van der Waals surface area contributed by atoms with Gasteiger partial charge in [0.25, 0.3) is 0 Å². The molecule has 0 fully saturated rings. The molecule has 134 valence electrons. The summed E-state index contributed by atoms with van der Waals surface area (Å²) in [7, 11) is 1.71. The van der Waals surface area contributed by atoms with Crippen LogP contribution in [0.2, 0.25) is 0 Å². The SMILES string of the molecule is COCCCNc1nccc(N(Cc2ccccc2)c2ccccc2)n1. The second kappa shape index (κ2) is 9.53. The molecule has 0 saturated heterocycles. The average molecular weight is 348 g/mol. The number of para-hydroxylation sites is 1. The van der Waals surface area contributed by atoms with Crippen molar-refractivity contribution in [1.82, 2.24) is 9.97 Å². The molecule has 0 aliphatic heterocycles. The monoisotopic (exact) mass is 348 g/mol. The van der Waals surface area contributed by atoms with Crippen LogP contribution in [-0.4, -0.2) is 30.2 Å². The number of hydrogen-bond acceptors (Lipinski definition) is 5. The molecule has 0 aliphatic rings. The maximum absolute atomic E-state index is 5.08. The third kappa shape index (κ3) is 5.04. The van der Waals surface area contributed by atoms with Gasteiger partial charge in [0.2, 0.25) is 5.95 Å². The van der Waals surface area contributed by atoms with Crippen molar-refractivity contribution in [3.05, 3.63) is 78.5 Å². The Balaban J connectivity index is 1.82. The average Bonchev–Trinajstić information content (AvgIpc) is 2.71. The molecule has 0 atom stereocenters. The van der Waals surface area contributed by atoms with Crippen LogP contribution in [0.4, 0.5) is 17.5 Å². The largest absolute Gasteiger partial charge is 0.385 e. The van der Waals surface area contributed by atoms with E-state index in [1.165, 1.54) is 5.56 Å². The summed E-state index contributed by atoms with van der Waals surface area (Å²) in [6.07, 6.45) is 2.71. The minimum Gasteiger partial charge on any atom is -0.385 e. The molecule has 1 aromatic heterocycles. The van der Waals surface area contributed by atoms with Crippen molar-refractivity contribution >= 4 is 17.5 Å². The lowest BCUT2D eigenvalue weighted by atomic mass is 10.2. The van der Waals surface area contributed by atoms with E-state index in [0.29, 0.717) is 5.95 Å². The molecule has 0 saturated carbocycles. The highest BCUT2D eigenvalue weighted by Crippen LogP contribution is 2.26. The van der Waals surface area contributed by atoms with E-state index in [1.54, 1.807) is 13.3 Å². The normalized spacial score (nSPS) is 10.5. The second-order valence-electron chi connectivity index (χ2n) is 5.92. The van der Waals surface area contributed by atoms with Crippen LogP contribution >= 0.6 is 0 Å². The number of nitrogens with zero attached hydrogens (tertiary/aromatic N) is 3. The summed E-state index contributed by atoms with van der Waals surface area (Å²) < 4.78 is 5.08. The van der Waals surface area contributed by atoms with Crippen molar-refractivity contribution in [2.75, 3.05) is 30.5 Å². The standard InChI is InChI=1S/C21H24N4O/c1-26-16-8-14-22-21-23-15-13-20(24-21)25(19-11-6-3-7-12-19)17-18-9-4-2-5-10-18/h2-7,9-13,15H,8,14,16-17H2,1H3,(H,22,23,24). The van der Waals surface area contributed by atoms with Crippen molar-refractivity contribution < 1.29 is 4.74 Å². The summed E-state index contributed by atoms with van der Waals surface area (Å²) in [6, 6.07) is 22.6. The second-order valence-corrected chi connectivity index (χ2v) is 5.92. The Kier molecular flexibility index (Phi) is 6.56. The van der Waals surface area contributed by atoms with Crippen LogP contribution in [0.1, 0.15) is 12.0 Å². The Morgan fingerprint density at radius 1 is 0.962 bits per heavy atom. The Labute approximate surface area is 154 Å². The van der Waals surface area contributed by atoms with E-state index < -0.39 is 0 Å². The van der Waals surface area contributed by atoms with Crippen molar-refractivity contribution in [3.63, 3.8) is 0 Å². The summed E-state index contributed by atoms with van der Waals surface area (Å²) in [6.45, 7) is 2.24. The van der Waals surface area contributed by atoms with E-state index in [-0.39, 0.29) is 0 Å². The number of ether oxygens (including phenoxy) is 1. The van der Waals surface area contributed by atoms with Crippen LogP contribution in [0, 0.1) is 0 Å². The molecular weight excluding hydrogens is 324 g/mol. The van der Waals surface area contributed by atoms with Gasteiger partial charge in [-0.1, -0.05) is 48.5 Å². The molecule has 5 nitrogen and oxygen atoms in total. The van der Waals surface area contributed by atoms with Gasteiger partial charge in [-0.3, -0.25) is 0 Å². The van der Waals surface area contributed by atoms with Crippen LogP contribution in [0.15, 0.2) is 72.9 Å². The Morgan fingerprint density at radius 2 is 1.69 bits per heavy atom. The third-order valence-electron chi connectivity index (χ3n) is 3.98. The fourth-order valence-corrected chi connectivity index (χ4v) is 2.68. The van der Waals surface area contributed by atoms with E-state index in [9.17, 15) is 0 Å². The Bertz CT molecular complexity index is 780. The summed E-state index contributed by atoms with van der Waals surface area (Å²) >= 11 is 0. The first kappa shape index (κ1) is 17.9. The number of hydrogen-bond donors (Lipinski definition) is 1. The summed E-state index contributed by atoms with van der Waals surface area (Å²) in [5, 5.41) is 3.26. The lowest BCUT2D eigenvalue weighted by Gasteiger charge is -2.24. The molecular formula is C21H24N4O. The van der Waals surface area contributed by atoms with E-state index in [4.69, 9.17) is 9.72 Å². The molecule has 0 bridgehead atoms. The van der Waals surface area contributed by atoms with Crippen LogP contribution in [0.5, 0.6) is 0 Å².